The van der Waals surface area contributed by atoms with Crippen molar-refractivity contribution in [1.29, 1.82) is 0 Å². The summed E-state index contributed by atoms with van der Waals surface area (Å²) in [5.41, 5.74) is 7.62. The van der Waals surface area contributed by atoms with Crippen LogP contribution in [0.5, 0.6) is 0 Å². The molecule has 0 aromatic carbocycles. The van der Waals surface area contributed by atoms with Crippen molar-refractivity contribution in [1.82, 2.24) is 0 Å². The summed E-state index contributed by atoms with van der Waals surface area (Å²) in [6.07, 6.45) is 0.993. The Morgan fingerprint density at radius 2 is 2.17 bits per heavy atom. The average molecular weight is 183 g/mol. The maximum Gasteiger partial charge on any atom is 0.0129 e. The highest BCUT2D eigenvalue weighted by Gasteiger charge is 2.20. The molecule has 0 aliphatic heterocycles. The van der Waals surface area contributed by atoms with E-state index in [1.54, 1.807) is 11.3 Å². The molecule has 0 amide bonds. The minimum atomic E-state index is 0.210. The van der Waals surface area contributed by atoms with Crippen LogP contribution in [0.15, 0.2) is 16.8 Å². The van der Waals surface area contributed by atoms with Gasteiger partial charge in [0.2, 0.25) is 0 Å². The summed E-state index contributed by atoms with van der Waals surface area (Å²) in [6.45, 7) is 6.55. The first kappa shape index (κ1) is 9.75. The molecule has 0 fully saturated rings. The SMILES string of the molecule is CC(C)(C)C(N)Cc1ccsc1. The molecular formula is C10H17NS. The van der Waals surface area contributed by atoms with Crippen molar-refractivity contribution in [2.75, 3.05) is 0 Å². The van der Waals surface area contributed by atoms with Crippen molar-refractivity contribution in [2.45, 2.75) is 33.2 Å². The standard InChI is InChI=1S/C10H17NS/c1-10(2,3)9(11)6-8-4-5-12-7-8/h4-5,7,9H,6,11H2,1-3H3. The molecule has 1 heterocycles. The van der Waals surface area contributed by atoms with Gasteiger partial charge in [-0.25, -0.2) is 0 Å². The summed E-state index contributed by atoms with van der Waals surface area (Å²) < 4.78 is 0. The van der Waals surface area contributed by atoms with E-state index < -0.39 is 0 Å². The fourth-order valence-electron chi connectivity index (χ4n) is 0.969. The third kappa shape index (κ3) is 2.61. The first-order chi connectivity index (χ1) is 5.50. The van der Waals surface area contributed by atoms with Crippen molar-refractivity contribution in [3.8, 4) is 0 Å². The highest BCUT2D eigenvalue weighted by atomic mass is 32.1. The average Bonchev–Trinajstić information content (AvgIpc) is 2.37. The second kappa shape index (κ2) is 3.58. The number of thiophene rings is 1. The largest absolute Gasteiger partial charge is 0.327 e. The molecule has 0 spiro atoms. The molecule has 1 rings (SSSR count). The second-order valence-corrected chi connectivity index (χ2v) is 5.09. The molecule has 2 heteroatoms. The fourth-order valence-corrected chi connectivity index (χ4v) is 1.65. The van der Waals surface area contributed by atoms with E-state index in [0.717, 1.165) is 6.42 Å². The lowest BCUT2D eigenvalue weighted by Gasteiger charge is -2.26. The predicted molar refractivity (Wildman–Crippen MR) is 55.5 cm³/mol. The van der Waals surface area contributed by atoms with Crippen LogP contribution in [0.3, 0.4) is 0 Å². The van der Waals surface area contributed by atoms with Crippen LogP contribution >= 0.6 is 11.3 Å². The molecule has 0 saturated heterocycles. The third-order valence-corrected chi connectivity index (χ3v) is 2.88. The highest BCUT2D eigenvalue weighted by molar-refractivity contribution is 7.07. The van der Waals surface area contributed by atoms with Gasteiger partial charge in [0, 0.05) is 6.04 Å². The van der Waals surface area contributed by atoms with Crippen molar-refractivity contribution in [3.63, 3.8) is 0 Å². The molecule has 0 bridgehead atoms. The topological polar surface area (TPSA) is 26.0 Å². The Morgan fingerprint density at radius 1 is 1.50 bits per heavy atom. The van der Waals surface area contributed by atoms with Gasteiger partial charge >= 0.3 is 0 Å². The van der Waals surface area contributed by atoms with Crippen LogP contribution < -0.4 is 5.73 Å². The summed E-state index contributed by atoms with van der Waals surface area (Å²) in [5, 5.41) is 4.27. The van der Waals surface area contributed by atoms with E-state index in [0.29, 0.717) is 0 Å². The number of nitrogens with two attached hydrogens (primary N) is 1. The lowest BCUT2D eigenvalue weighted by atomic mass is 9.84. The molecule has 12 heavy (non-hydrogen) atoms. The third-order valence-electron chi connectivity index (χ3n) is 2.15. The Labute approximate surface area is 78.6 Å². The number of rotatable bonds is 2. The van der Waals surface area contributed by atoms with Gasteiger partial charge in [0.05, 0.1) is 0 Å². The van der Waals surface area contributed by atoms with E-state index in [2.05, 4.69) is 37.6 Å². The monoisotopic (exact) mass is 183 g/mol. The molecule has 0 saturated carbocycles. The predicted octanol–water partition coefficient (Wildman–Crippen LogP) is 2.66. The molecule has 0 radical (unpaired) electrons. The van der Waals surface area contributed by atoms with Gasteiger partial charge in [-0.05, 0) is 34.2 Å². The van der Waals surface area contributed by atoms with Crippen LogP contribution in [0.2, 0.25) is 0 Å². The summed E-state index contributed by atoms with van der Waals surface area (Å²) in [5.74, 6) is 0. The zero-order chi connectivity index (χ0) is 9.19. The van der Waals surface area contributed by atoms with Gasteiger partial charge in [-0.15, -0.1) is 0 Å². The Kier molecular flexibility index (Phi) is 2.91. The quantitative estimate of drug-likeness (QED) is 0.749. The number of hydrogen-bond donors (Lipinski definition) is 1. The zero-order valence-electron chi connectivity index (χ0n) is 8.00. The highest BCUT2D eigenvalue weighted by Crippen LogP contribution is 2.21. The summed E-state index contributed by atoms with van der Waals surface area (Å²) in [6, 6.07) is 2.41. The van der Waals surface area contributed by atoms with Gasteiger partial charge in [-0.2, -0.15) is 11.3 Å². The Balaban J connectivity index is 2.53. The van der Waals surface area contributed by atoms with Gasteiger partial charge in [0.1, 0.15) is 0 Å². The van der Waals surface area contributed by atoms with Crippen LogP contribution in [-0.2, 0) is 6.42 Å². The van der Waals surface area contributed by atoms with Gasteiger partial charge in [0.15, 0.2) is 0 Å². The van der Waals surface area contributed by atoms with E-state index >= 15 is 0 Å². The molecule has 1 nitrogen and oxygen atoms in total. The van der Waals surface area contributed by atoms with E-state index in [-0.39, 0.29) is 11.5 Å². The van der Waals surface area contributed by atoms with E-state index in [9.17, 15) is 0 Å². The Hall–Kier alpha value is -0.340. The van der Waals surface area contributed by atoms with Crippen molar-refractivity contribution >= 4 is 11.3 Å². The molecule has 1 atom stereocenters. The van der Waals surface area contributed by atoms with Gasteiger partial charge < -0.3 is 5.73 Å². The van der Waals surface area contributed by atoms with E-state index in [4.69, 9.17) is 5.73 Å². The van der Waals surface area contributed by atoms with Gasteiger partial charge in [0.25, 0.3) is 0 Å². The lowest BCUT2D eigenvalue weighted by molar-refractivity contribution is 0.318. The van der Waals surface area contributed by atoms with E-state index in [1.165, 1.54) is 5.56 Å². The summed E-state index contributed by atoms with van der Waals surface area (Å²) in [7, 11) is 0. The van der Waals surface area contributed by atoms with Crippen LogP contribution in [0, 0.1) is 5.41 Å². The zero-order valence-corrected chi connectivity index (χ0v) is 8.82. The summed E-state index contributed by atoms with van der Waals surface area (Å²) >= 11 is 1.74. The van der Waals surface area contributed by atoms with Gasteiger partial charge in [-0.3, -0.25) is 0 Å². The van der Waals surface area contributed by atoms with E-state index in [1.807, 2.05) is 0 Å². The Bertz CT molecular complexity index is 220. The minimum absolute atomic E-state index is 0.210. The van der Waals surface area contributed by atoms with Crippen LogP contribution in [-0.4, -0.2) is 6.04 Å². The normalized spacial score (nSPS) is 14.7. The van der Waals surface area contributed by atoms with Crippen LogP contribution in [0.25, 0.3) is 0 Å². The molecule has 1 aromatic rings. The maximum absolute atomic E-state index is 6.05. The molecule has 1 aromatic heterocycles. The molecule has 0 aliphatic carbocycles. The van der Waals surface area contributed by atoms with Crippen LogP contribution in [0.4, 0.5) is 0 Å². The first-order valence-corrected chi connectivity index (χ1v) is 5.21. The fraction of sp³-hybridized carbons (Fsp3) is 0.600. The van der Waals surface area contributed by atoms with Crippen molar-refractivity contribution < 1.29 is 0 Å². The molecule has 68 valence electrons. The van der Waals surface area contributed by atoms with Gasteiger partial charge in [-0.1, -0.05) is 20.8 Å². The molecule has 1 unspecified atom stereocenters. The minimum Gasteiger partial charge on any atom is -0.327 e. The van der Waals surface area contributed by atoms with Crippen molar-refractivity contribution in [2.24, 2.45) is 11.1 Å². The smallest absolute Gasteiger partial charge is 0.0129 e. The van der Waals surface area contributed by atoms with Crippen LogP contribution in [0.1, 0.15) is 26.3 Å². The first-order valence-electron chi connectivity index (χ1n) is 4.27. The maximum atomic E-state index is 6.05. The summed E-state index contributed by atoms with van der Waals surface area (Å²) in [4.78, 5) is 0. The van der Waals surface area contributed by atoms with Crippen molar-refractivity contribution in [3.05, 3.63) is 22.4 Å². The molecular weight excluding hydrogens is 166 g/mol. The number of hydrogen-bond acceptors (Lipinski definition) is 2. The second-order valence-electron chi connectivity index (χ2n) is 4.31. The molecule has 2 N–H and O–H groups in total. The lowest BCUT2D eigenvalue weighted by Crippen LogP contribution is -2.36. The molecule has 0 aliphatic rings. The Morgan fingerprint density at radius 3 is 2.58 bits per heavy atom.